The summed E-state index contributed by atoms with van der Waals surface area (Å²) >= 11 is 0. The summed E-state index contributed by atoms with van der Waals surface area (Å²) in [6, 6.07) is 1.01. The van der Waals surface area contributed by atoms with Crippen LogP contribution in [0.2, 0.25) is 0 Å². The first-order valence-corrected chi connectivity index (χ1v) is 31.8. The average molecular weight is 1240 g/mol. The lowest BCUT2D eigenvalue weighted by Gasteiger charge is -2.39. The number of nitrogens with zero attached hydrogens (tertiary/aromatic N) is 2. The van der Waals surface area contributed by atoms with Crippen LogP contribution in [0.1, 0.15) is 166 Å². The number of rotatable bonds is 24. The maximum Gasteiger partial charge on any atom is 0.331 e. The number of ketones is 2. The minimum Gasteiger partial charge on any atom is -0.467 e. The highest BCUT2D eigenvalue weighted by Crippen LogP contribution is 2.66. The fourth-order valence-corrected chi connectivity index (χ4v) is 13.9. The number of amides is 10. The maximum atomic E-state index is 14.3. The number of methoxy groups -OCH3 is 1. The van der Waals surface area contributed by atoms with Gasteiger partial charge in [-0.25, -0.2) is 19.2 Å². The SMILES string of the molecule is CC[C@H](C)[C@H](NC(=O)N[C@H](C(=O)N1C[C@H]2[C@@H]([C@H]1C(=O)NC(CC1CC1)C(=O)C(N)=O)C2(C)C)C(C)(C)C)C(=O)OCc1ccccc1.COC(=O)C1(NC(=O)N[C@H](C(=O)N2C[C@H]3[C@@H]([C@H]2C(=O)NC(CC2CC2)C(=O)C(N)=O)C3(C)C)C(C)(C)C)CCCCC1. The molecule has 1 aromatic carbocycles. The Labute approximate surface area is 523 Å². The fraction of sp³-hybridized carbons (Fsp3) is 0.723. The molecule has 10 amide bonds. The van der Waals surface area contributed by atoms with Crippen LogP contribution in [0.5, 0.6) is 0 Å². The molecule has 5 saturated carbocycles. The van der Waals surface area contributed by atoms with Crippen LogP contribution in [0.25, 0.3) is 0 Å². The van der Waals surface area contributed by atoms with Gasteiger partial charge in [0.05, 0.1) is 19.2 Å². The zero-order chi connectivity index (χ0) is 66.0. The molecule has 2 unspecified atom stereocenters. The number of carbonyl (C=O) groups excluding carboxylic acids is 12. The van der Waals surface area contributed by atoms with E-state index in [9.17, 15) is 57.5 Å². The van der Waals surface area contributed by atoms with Gasteiger partial charge in [-0.05, 0) is 94.3 Å². The molecule has 7 fully saturated rings. The first-order chi connectivity index (χ1) is 41.5. The van der Waals surface area contributed by atoms with Gasteiger partial charge in [-0.2, -0.15) is 0 Å². The third-order valence-electron chi connectivity index (χ3n) is 20.2. The van der Waals surface area contributed by atoms with E-state index in [0.717, 1.165) is 50.5 Å². The highest BCUT2D eigenvalue weighted by molar-refractivity contribution is 6.38. The number of Topliss-reactive ketones (excluding diaryl/α,β-unsaturated/α-hetero) is 2. The highest BCUT2D eigenvalue weighted by atomic mass is 16.5. The smallest absolute Gasteiger partial charge is 0.331 e. The molecule has 10 N–H and O–H groups in total. The van der Waals surface area contributed by atoms with Crippen LogP contribution in [0.4, 0.5) is 9.59 Å². The molecule has 89 heavy (non-hydrogen) atoms. The van der Waals surface area contributed by atoms with Crippen LogP contribution >= 0.6 is 0 Å². The first-order valence-electron chi connectivity index (χ1n) is 31.8. The van der Waals surface area contributed by atoms with Crippen molar-refractivity contribution in [3.63, 3.8) is 0 Å². The number of carbonyl (C=O) groups is 12. The van der Waals surface area contributed by atoms with Crippen molar-refractivity contribution in [3.8, 4) is 0 Å². The van der Waals surface area contributed by atoms with Crippen molar-refractivity contribution >= 4 is 71.0 Å². The normalized spacial score (nSPS) is 25.3. The predicted octanol–water partition coefficient (Wildman–Crippen LogP) is 4.08. The zero-order valence-corrected chi connectivity index (χ0v) is 54.3. The van der Waals surface area contributed by atoms with E-state index in [2.05, 4.69) is 31.9 Å². The molecule has 0 aromatic heterocycles. The number of benzene rings is 1. The summed E-state index contributed by atoms with van der Waals surface area (Å²) in [6.07, 6.45) is 8.28. The van der Waals surface area contributed by atoms with Crippen LogP contribution in [-0.2, 0) is 64.0 Å². The van der Waals surface area contributed by atoms with E-state index < -0.39 is 130 Å². The molecule has 12 atom stereocenters. The van der Waals surface area contributed by atoms with Crippen molar-refractivity contribution < 1.29 is 67.0 Å². The molecule has 492 valence electrons. The van der Waals surface area contributed by atoms with E-state index in [-0.39, 0.29) is 58.9 Å². The summed E-state index contributed by atoms with van der Waals surface area (Å²) in [4.78, 5) is 160. The van der Waals surface area contributed by atoms with Gasteiger partial charge in [0.15, 0.2) is 0 Å². The van der Waals surface area contributed by atoms with Crippen molar-refractivity contribution in [2.75, 3.05) is 20.2 Å². The van der Waals surface area contributed by atoms with Crippen LogP contribution in [-0.4, -0.2) is 149 Å². The molecule has 2 aliphatic heterocycles. The molecule has 24 heteroatoms. The molecule has 5 aliphatic carbocycles. The quantitative estimate of drug-likeness (QED) is 0.0534. The lowest BCUT2D eigenvalue weighted by molar-refractivity contribution is -0.150. The summed E-state index contributed by atoms with van der Waals surface area (Å²) in [5.41, 5.74) is 8.33. The average Bonchev–Trinajstić information content (AvgIpc) is 1.54. The number of primary amides is 2. The number of nitrogens with one attached hydrogen (secondary N) is 6. The zero-order valence-electron chi connectivity index (χ0n) is 54.3. The number of fused-ring (bicyclic) bond motifs is 2. The number of hydrogen-bond acceptors (Lipinski definition) is 14. The van der Waals surface area contributed by atoms with Gasteiger partial charge in [0.25, 0.3) is 11.8 Å². The second-order valence-corrected chi connectivity index (χ2v) is 29.6. The van der Waals surface area contributed by atoms with Gasteiger partial charge in [-0.3, -0.25) is 38.4 Å². The predicted molar refractivity (Wildman–Crippen MR) is 327 cm³/mol. The molecule has 7 aliphatic rings. The van der Waals surface area contributed by atoms with E-state index in [1.807, 2.05) is 113 Å². The second-order valence-electron chi connectivity index (χ2n) is 29.6. The lowest BCUT2D eigenvalue weighted by Crippen LogP contribution is -2.64. The molecule has 8 rings (SSSR count). The molecule has 24 nitrogen and oxygen atoms in total. The van der Waals surface area contributed by atoms with Gasteiger partial charge in [-0.15, -0.1) is 0 Å². The standard InChI is InChI=1S/C35H51N5O7.C30H47N5O7/c1-8-19(2)25(32(45)47-18-21-12-10-9-11-13-21)38-33(46)39-28(34(3,4)5)31(44)40-17-22-24(35(22,6)7)26(40)30(43)37-23(16-20-14-15-20)27(41)29(36)42;1-28(2,3)22(33-27(41)34-30(26(40)42-6)12-8-7-9-13-30)25(39)35-15-17-19(29(17,4)5)20(35)24(38)32-18(14-16-10-11-16)21(36)23(31)37/h9-13,19-20,22-26,28H,8,14-18H2,1-7H3,(H2,36,42)(H,37,43)(H2,38,39,46);16-20,22H,7-15H2,1-6H3,(H2,31,37)(H,32,38)(H2,33,34,41)/t19-,22-,23?,24-,25-,26-,28+;17-,18?,19-,20-,22+/m00/s1. The summed E-state index contributed by atoms with van der Waals surface area (Å²) < 4.78 is 10.5. The molecular weight excluding hydrogens is 1140 g/mol. The topological polar surface area (TPSA) is 354 Å². The van der Waals surface area contributed by atoms with Gasteiger partial charge < -0.3 is 62.6 Å². The highest BCUT2D eigenvalue weighted by Gasteiger charge is 2.71. The molecule has 2 saturated heterocycles. The minimum absolute atomic E-state index is 0.0551. The Morgan fingerprint density at radius 3 is 1.43 bits per heavy atom. The van der Waals surface area contributed by atoms with Crippen LogP contribution in [0.15, 0.2) is 30.3 Å². The molecule has 0 radical (unpaired) electrons. The summed E-state index contributed by atoms with van der Waals surface area (Å²) in [5.74, 6) is -6.79. The number of esters is 2. The molecular formula is C65H98N10O14. The van der Waals surface area contributed by atoms with Gasteiger partial charge in [0, 0.05) is 13.1 Å². The molecule has 1 aromatic rings. The Hall–Kier alpha value is -7.14. The Balaban J connectivity index is 0.000000255. The third-order valence-corrected chi connectivity index (χ3v) is 20.2. The van der Waals surface area contributed by atoms with E-state index in [0.29, 0.717) is 45.2 Å². The number of likely N-dealkylation sites (tertiary alicyclic amines) is 2. The van der Waals surface area contributed by atoms with Gasteiger partial charge in [-0.1, -0.05) is 165 Å². The van der Waals surface area contributed by atoms with Gasteiger partial charge in [0.1, 0.15) is 42.4 Å². The Morgan fingerprint density at radius 2 is 1.04 bits per heavy atom. The van der Waals surface area contributed by atoms with Crippen LogP contribution < -0.4 is 43.4 Å². The third kappa shape index (κ3) is 16.1. The number of hydrogen-bond donors (Lipinski definition) is 8. The summed E-state index contributed by atoms with van der Waals surface area (Å²) in [5, 5.41) is 16.7. The number of ether oxygens (including phenoxy) is 2. The number of urea groups is 2. The minimum atomic E-state index is -1.16. The van der Waals surface area contributed by atoms with E-state index in [4.69, 9.17) is 20.9 Å². The van der Waals surface area contributed by atoms with Crippen molar-refractivity contribution in [1.82, 2.24) is 41.7 Å². The Morgan fingerprint density at radius 1 is 0.618 bits per heavy atom. The van der Waals surface area contributed by atoms with E-state index >= 15 is 0 Å². The Kier molecular flexibility index (Phi) is 21.1. The van der Waals surface area contributed by atoms with Crippen molar-refractivity contribution in [1.29, 1.82) is 0 Å². The van der Waals surface area contributed by atoms with Crippen molar-refractivity contribution in [2.24, 2.45) is 74.6 Å². The molecule has 0 bridgehead atoms. The molecule has 0 spiro atoms. The van der Waals surface area contributed by atoms with Gasteiger partial charge >= 0.3 is 24.0 Å². The molecule has 2 heterocycles. The fourth-order valence-electron chi connectivity index (χ4n) is 13.9. The van der Waals surface area contributed by atoms with E-state index in [1.54, 1.807) is 0 Å². The van der Waals surface area contributed by atoms with Crippen molar-refractivity contribution in [2.45, 2.75) is 215 Å². The Bertz CT molecular complexity index is 2890. The first kappa shape index (κ1) is 69.3. The number of nitrogens with two attached hydrogens (primary N) is 2. The lowest BCUT2D eigenvalue weighted by atomic mass is 9.81. The van der Waals surface area contributed by atoms with Gasteiger partial charge in [0.2, 0.25) is 35.2 Å². The monoisotopic (exact) mass is 1240 g/mol. The van der Waals surface area contributed by atoms with E-state index in [1.165, 1.54) is 16.9 Å². The summed E-state index contributed by atoms with van der Waals surface area (Å²) in [6.45, 7) is 23.5. The van der Waals surface area contributed by atoms with Crippen LogP contribution in [0, 0.1) is 63.1 Å². The number of piperidine rings is 2. The van der Waals surface area contributed by atoms with Crippen LogP contribution in [0.3, 0.4) is 0 Å². The second kappa shape index (κ2) is 27.1. The van der Waals surface area contributed by atoms with Crippen molar-refractivity contribution in [3.05, 3.63) is 35.9 Å². The largest absolute Gasteiger partial charge is 0.467 e. The maximum absolute atomic E-state index is 14.3. The summed E-state index contributed by atoms with van der Waals surface area (Å²) in [7, 11) is 1.29.